The van der Waals surface area contributed by atoms with Crippen LogP contribution in [0.4, 0.5) is 0 Å². The molecule has 5 heteroatoms. The van der Waals surface area contributed by atoms with Gasteiger partial charge >= 0.3 is 0 Å². The maximum atomic E-state index is 12.6. The third kappa shape index (κ3) is 6.15. The summed E-state index contributed by atoms with van der Waals surface area (Å²) >= 11 is 0. The Morgan fingerprint density at radius 3 is 1.76 bits per heavy atom. The molecule has 0 aliphatic heterocycles. The Morgan fingerprint density at radius 1 is 0.905 bits per heavy atom. The van der Waals surface area contributed by atoms with Crippen molar-refractivity contribution in [3.63, 3.8) is 0 Å². The fraction of sp³-hybridized carbons (Fsp3) is 0.562. The van der Waals surface area contributed by atoms with Gasteiger partial charge in [0, 0.05) is 5.56 Å². The fourth-order valence-corrected chi connectivity index (χ4v) is 4.65. The summed E-state index contributed by atoms with van der Waals surface area (Å²) in [6, 6.07) is 7.40. The van der Waals surface area contributed by atoms with Crippen LogP contribution in [-0.4, -0.2) is 28.0 Å². The van der Waals surface area contributed by atoms with E-state index in [0.717, 1.165) is 5.75 Å². The smallest absolute Gasteiger partial charge is 0.242 e. The first-order chi connectivity index (χ1) is 9.30. The molecule has 0 saturated carbocycles. The lowest BCUT2D eigenvalue weighted by molar-refractivity contribution is 0.0558. The van der Waals surface area contributed by atoms with Crippen molar-refractivity contribution in [2.75, 3.05) is 0 Å². The lowest BCUT2D eigenvalue weighted by atomic mass is 9.97. The third-order valence-electron chi connectivity index (χ3n) is 2.65. The van der Waals surface area contributed by atoms with Crippen molar-refractivity contribution in [1.29, 1.82) is 0 Å². The highest BCUT2D eigenvalue weighted by Gasteiger charge is 2.34. The molecule has 0 heterocycles. The van der Waals surface area contributed by atoms with E-state index in [0.29, 0.717) is 5.56 Å². The van der Waals surface area contributed by atoms with Crippen molar-refractivity contribution in [3.8, 4) is 5.75 Å². The van der Waals surface area contributed by atoms with Crippen molar-refractivity contribution >= 4 is 22.4 Å². The number of rotatable bonds is 6. The Morgan fingerprint density at radius 2 is 1.38 bits per heavy atom. The maximum absolute atomic E-state index is 12.6. The molecule has 0 radical (unpaired) electrons. The van der Waals surface area contributed by atoms with Crippen LogP contribution in [0.15, 0.2) is 24.3 Å². The van der Waals surface area contributed by atoms with Gasteiger partial charge in [-0.05, 0) is 77.4 Å². The lowest BCUT2D eigenvalue weighted by Gasteiger charge is -2.31. The molecule has 1 aromatic rings. The molecule has 0 unspecified atom stereocenters. The van der Waals surface area contributed by atoms with E-state index in [1.165, 1.54) is 0 Å². The second-order valence-corrected chi connectivity index (χ2v) is 16.7. The van der Waals surface area contributed by atoms with E-state index in [4.69, 9.17) is 8.85 Å². The van der Waals surface area contributed by atoms with Gasteiger partial charge in [-0.25, -0.2) is 0 Å². The molecule has 0 spiro atoms. The summed E-state index contributed by atoms with van der Waals surface area (Å²) in [5.74, 6) is 0.846. The van der Waals surface area contributed by atoms with Gasteiger partial charge in [-0.2, -0.15) is 0 Å². The van der Waals surface area contributed by atoms with E-state index in [2.05, 4.69) is 39.3 Å². The molecule has 0 N–H and O–H groups in total. The number of ketones is 1. The summed E-state index contributed by atoms with van der Waals surface area (Å²) in [6.45, 7) is 16.4. The largest absolute Gasteiger partial charge is 0.544 e. The normalized spacial score (nSPS) is 13.1. The molecular formula is C16H28O3Si2. The minimum absolute atomic E-state index is 0.0180. The van der Waals surface area contributed by atoms with E-state index in [9.17, 15) is 4.79 Å². The summed E-state index contributed by atoms with van der Waals surface area (Å²) < 4.78 is 11.9. The number of benzene rings is 1. The first kappa shape index (κ1) is 18.1. The Hall–Kier alpha value is -0.916. The van der Waals surface area contributed by atoms with Gasteiger partial charge in [-0.3, -0.25) is 4.79 Å². The summed E-state index contributed by atoms with van der Waals surface area (Å²) in [7, 11) is -3.39. The lowest BCUT2D eigenvalue weighted by Crippen LogP contribution is -2.44. The molecule has 1 rings (SSSR count). The monoisotopic (exact) mass is 324 g/mol. The van der Waals surface area contributed by atoms with Gasteiger partial charge < -0.3 is 8.85 Å². The standard InChI is InChI=1S/C16H28O3Si2/c1-16(2,19-21(6,7)8)15(17)13-9-11-14(12-10-13)18-20(3,4)5/h9-12H,1-8H3. The minimum atomic E-state index is -1.77. The average molecular weight is 325 g/mol. The van der Waals surface area contributed by atoms with E-state index in [1.54, 1.807) is 0 Å². The van der Waals surface area contributed by atoms with Gasteiger partial charge in [-0.15, -0.1) is 0 Å². The highest BCUT2D eigenvalue weighted by Crippen LogP contribution is 2.24. The summed E-state index contributed by atoms with van der Waals surface area (Å²) in [5.41, 5.74) is -0.118. The predicted octanol–water partition coefficient (Wildman–Crippen LogP) is 4.71. The van der Waals surface area contributed by atoms with Crippen LogP contribution in [0.1, 0.15) is 24.2 Å². The highest BCUT2D eigenvalue weighted by molar-refractivity contribution is 6.70. The van der Waals surface area contributed by atoms with Crippen molar-refractivity contribution in [2.24, 2.45) is 0 Å². The quantitative estimate of drug-likeness (QED) is 0.561. The zero-order valence-electron chi connectivity index (χ0n) is 14.5. The summed E-state index contributed by atoms with van der Waals surface area (Å²) in [6.07, 6.45) is 0. The van der Waals surface area contributed by atoms with Gasteiger partial charge in [-0.1, -0.05) is 0 Å². The maximum Gasteiger partial charge on any atom is 0.242 e. The van der Waals surface area contributed by atoms with E-state index in [1.807, 2.05) is 38.1 Å². The summed E-state index contributed by atoms with van der Waals surface area (Å²) in [4.78, 5) is 12.6. The van der Waals surface area contributed by atoms with Gasteiger partial charge in [0.25, 0.3) is 0 Å². The van der Waals surface area contributed by atoms with Crippen LogP contribution < -0.4 is 4.43 Å². The molecule has 0 saturated heterocycles. The minimum Gasteiger partial charge on any atom is -0.544 e. The molecular weight excluding hydrogens is 296 g/mol. The molecule has 0 bridgehead atoms. The Bertz CT molecular complexity index is 494. The molecule has 0 aliphatic carbocycles. The number of hydrogen-bond acceptors (Lipinski definition) is 3. The van der Waals surface area contributed by atoms with Gasteiger partial charge in [0.2, 0.25) is 8.32 Å². The average Bonchev–Trinajstić information content (AvgIpc) is 2.23. The highest BCUT2D eigenvalue weighted by atomic mass is 28.4. The van der Waals surface area contributed by atoms with E-state index < -0.39 is 22.2 Å². The molecule has 1 aromatic carbocycles. The van der Waals surface area contributed by atoms with Crippen molar-refractivity contribution in [2.45, 2.75) is 58.7 Å². The zero-order chi connectivity index (χ0) is 16.5. The second-order valence-electron chi connectivity index (χ2n) is 7.79. The Labute approximate surface area is 130 Å². The summed E-state index contributed by atoms with van der Waals surface area (Å²) in [5, 5.41) is 0. The molecule has 0 aromatic heterocycles. The second kappa shape index (κ2) is 6.06. The van der Waals surface area contributed by atoms with Gasteiger partial charge in [0.1, 0.15) is 11.4 Å². The van der Waals surface area contributed by atoms with Crippen molar-refractivity contribution in [3.05, 3.63) is 29.8 Å². The molecule has 0 aliphatic rings. The molecule has 3 nitrogen and oxygen atoms in total. The molecule has 0 atom stereocenters. The molecule has 21 heavy (non-hydrogen) atoms. The van der Waals surface area contributed by atoms with E-state index in [-0.39, 0.29) is 5.78 Å². The van der Waals surface area contributed by atoms with Crippen LogP contribution in [0.5, 0.6) is 5.75 Å². The first-order valence-corrected chi connectivity index (χ1v) is 14.2. The van der Waals surface area contributed by atoms with Gasteiger partial charge in [0.05, 0.1) is 0 Å². The topological polar surface area (TPSA) is 35.5 Å². The zero-order valence-corrected chi connectivity index (χ0v) is 16.5. The molecule has 0 amide bonds. The predicted molar refractivity (Wildman–Crippen MR) is 93.3 cm³/mol. The van der Waals surface area contributed by atoms with Crippen molar-refractivity contribution in [1.82, 2.24) is 0 Å². The first-order valence-electron chi connectivity index (χ1n) is 7.34. The van der Waals surface area contributed by atoms with Gasteiger partial charge in [0.15, 0.2) is 14.1 Å². The van der Waals surface area contributed by atoms with Crippen LogP contribution in [0, 0.1) is 0 Å². The SMILES string of the molecule is CC(C)(O[Si](C)(C)C)C(=O)c1ccc(O[Si](C)(C)C)cc1. The van der Waals surface area contributed by atoms with Crippen LogP contribution >= 0.6 is 0 Å². The van der Waals surface area contributed by atoms with Crippen molar-refractivity contribution < 1.29 is 13.6 Å². The van der Waals surface area contributed by atoms with Crippen LogP contribution in [0.25, 0.3) is 0 Å². The Kier molecular flexibility index (Phi) is 5.24. The fourth-order valence-electron chi connectivity index (χ4n) is 2.19. The molecule has 118 valence electrons. The van der Waals surface area contributed by atoms with Crippen LogP contribution in [0.2, 0.25) is 39.3 Å². The number of carbonyl (C=O) groups is 1. The number of carbonyl (C=O) groups excluding carboxylic acids is 1. The van der Waals surface area contributed by atoms with Crippen LogP contribution in [0.3, 0.4) is 0 Å². The van der Waals surface area contributed by atoms with E-state index >= 15 is 0 Å². The number of Topliss-reactive ketones (excluding diaryl/α,β-unsaturated/α-hetero) is 1. The Balaban J connectivity index is 2.89. The van der Waals surface area contributed by atoms with Crippen LogP contribution in [-0.2, 0) is 4.43 Å². The third-order valence-corrected chi connectivity index (χ3v) is 4.62. The molecule has 0 fully saturated rings. The number of hydrogen-bond donors (Lipinski definition) is 0.